The zero-order valence-corrected chi connectivity index (χ0v) is 10.9. The first-order chi connectivity index (χ1) is 8.22. The van der Waals surface area contributed by atoms with Crippen molar-refractivity contribution in [2.75, 3.05) is 19.7 Å². The van der Waals surface area contributed by atoms with E-state index < -0.39 is 0 Å². The van der Waals surface area contributed by atoms with Gasteiger partial charge < -0.3 is 10.1 Å². The molecule has 2 nitrogen and oxygen atoms in total. The highest BCUT2D eigenvalue weighted by molar-refractivity contribution is 6.32. The van der Waals surface area contributed by atoms with Gasteiger partial charge in [0.2, 0.25) is 0 Å². The van der Waals surface area contributed by atoms with E-state index in [1.807, 2.05) is 6.07 Å². The van der Waals surface area contributed by atoms with Gasteiger partial charge in [-0.1, -0.05) is 31.2 Å². The first-order valence-electron chi connectivity index (χ1n) is 5.99. The number of hydrogen-bond donors (Lipinski definition) is 1. The Hall–Kier alpha value is -0.990. The Kier molecular flexibility index (Phi) is 4.08. The average Bonchev–Trinajstić information content (AvgIpc) is 2.49. The number of ether oxygens (including phenoxy) is 1. The molecule has 0 fully saturated rings. The molecule has 1 atom stereocenters. The van der Waals surface area contributed by atoms with Crippen LogP contribution in [0, 0.1) is 0 Å². The summed E-state index contributed by atoms with van der Waals surface area (Å²) in [5.41, 5.74) is 2.68. The van der Waals surface area contributed by atoms with Crippen molar-refractivity contribution in [2.24, 2.45) is 0 Å². The molecule has 0 amide bonds. The molecule has 0 aromatic heterocycles. The lowest BCUT2D eigenvalue weighted by molar-refractivity contribution is 0.363. The van der Waals surface area contributed by atoms with Gasteiger partial charge in [0.05, 0.1) is 5.02 Å². The molecule has 1 aliphatic rings. The highest BCUT2D eigenvalue weighted by Gasteiger charge is 2.17. The van der Waals surface area contributed by atoms with Crippen LogP contribution in [0.2, 0.25) is 5.02 Å². The molecule has 1 aliphatic heterocycles. The summed E-state index contributed by atoms with van der Waals surface area (Å²) in [6.07, 6.45) is 2.76. The molecule has 0 aliphatic carbocycles. The molecule has 0 radical (unpaired) electrons. The van der Waals surface area contributed by atoms with E-state index in [4.69, 9.17) is 16.3 Å². The Morgan fingerprint density at radius 2 is 2.41 bits per heavy atom. The van der Waals surface area contributed by atoms with E-state index in [2.05, 4.69) is 24.9 Å². The summed E-state index contributed by atoms with van der Waals surface area (Å²) in [7, 11) is 0. The lowest BCUT2D eigenvalue weighted by atomic mass is 9.95. The molecule has 2 rings (SSSR count). The summed E-state index contributed by atoms with van der Waals surface area (Å²) in [6.45, 7) is 8.38. The van der Waals surface area contributed by atoms with E-state index in [9.17, 15) is 0 Å². The first-order valence-corrected chi connectivity index (χ1v) is 6.37. The van der Waals surface area contributed by atoms with Crippen molar-refractivity contribution in [3.8, 4) is 5.75 Å². The third-order valence-corrected chi connectivity index (χ3v) is 3.40. The lowest BCUT2D eigenvalue weighted by Gasteiger charge is -2.15. The number of benzene rings is 1. The van der Waals surface area contributed by atoms with Gasteiger partial charge in [-0.25, -0.2) is 0 Å². The molecule has 0 spiro atoms. The van der Waals surface area contributed by atoms with Gasteiger partial charge in [0.15, 0.2) is 0 Å². The zero-order chi connectivity index (χ0) is 12.3. The maximum absolute atomic E-state index is 6.24. The minimum Gasteiger partial charge on any atom is -0.488 e. The Morgan fingerprint density at radius 1 is 1.59 bits per heavy atom. The van der Waals surface area contributed by atoms with E-state index >= 15 is 0 Å². The summed E-state index contributed by atoms with van der Waals surface area (Å²) in [5, 5.41) is 4.12. The highest BCUT2D eigenvalue weighted by Crippen LogP contribution is 2.33. The molecule has 1 unspecified atom stereocenters. The Balaban J connectivity index is 2.33. The van der Waals surface area contributed by atoms with Crippen LogP contribution >= 0.6 is 11.6 Å². The quantitative estimate of drug-likeness (QED) is 0.834. The summed E-state index contributed by atoms with van der Waals surface area (Å²) >= 11 is 6.24. The standard InChI is InChI=1S/C14H18ClNO/c1-3-6-17-14-7-11-4-5-16-9-10(2)12(11)8-13(14)15/h3,7-8,10,16H,1,4-6,9H2,2H3. The molecular weight excluding hydrogens is 234 g/mol. The van der Waals surface area contributed by atoms with Gasteiger partial charge in [0.1, 0.15) is 12.4 Å². The fourth-order valence-electron chi connectivity index (χ4n) is 2.20. The van der Waals surface area contributed by atoms with Gasteiger partial charge >= 0.3 is 0 Å². The number of halogens is 1. The maximum Gasteiger partial charge on any atom is 0.138 e. The van der Waals surface area contributed by atoms with Gasteiger partial charge in [-0.2, -0.15) is 0 Å². The van der Waals surface area contributed by atoms with E-state index in [-0.39, 0.29) is 0 Å². The Bertz CT molecular complexity index is 417. The van der Waals surface area contributed by atoms with Crippen LogP contribution in [0.25, 0.3) is 0 Å². The average molecular weight is 252 g/mol. The van der Waals surface area contributed by atoms with Crippen LogP contribution in [0.4, 0.5) is 0 Å². The van der Waals surface area contributed by atoms with E-state index in [1.165, 1.54) is 11.1 Å². The van der Waals surface area contributed by atoms with Crippen LogP contribution in [0.15, 0.2) is 24.8 Å². The van der Waals surface area contributed by atoms with Crippen LogP contribution in [0.3, 0.4) is 0 Å². The second kappa shape index (κ2) is 5.56. The Labute approximate surface area is 108 Å². The van der Waals surface area contributed by atoms with Gasteiger partial charge in [0.25, 0.3) is 0 Å². The summed E-state index contributed by atoms with van der Waals surface area (Å²) in [4.78, 5) is 0. The second-order valence-corrected chi connectivity index (χ2v) is 4.84. The van der Waals surface area contributed by atoms with Crippen molar-refractivity contribution in [1.82, 2.24) is 5.32 Å². The van der Waals surface area contributed by atoms with Crippen LogP contribution in [-0.2, 0) is 6.42 Å². The summed E-state index contributed by atoms with van der Waals surface area (Å²) in [5.74, 6) is 1.26. The van der Waals surface area contributed by atoms with Crippen LogP contribution in [0.1, 0.15) is 24.0 Å². The van der Waals surface area contributed by atoms with Crippen molar-refractivity contribution < 1.29 is 4.74 Å². The van der Waals surface area contributed by atoms with Crippen molar-refractivity contribution >= 4 is 11.6 Å². The van der Waals surface area contributed by atoms with Crippen molar-refractivity contribution in [3.63, 3.8) is 0 Å². The molecule has 0 saturated carbocycles. The largest absolute Gasteiger partial charge is 0.488 e. The highest BCUT2D eigenvalue weighted by atomic mass is 35.5. The summed E-state index contributed by atoms with van der Waals surface area (Å²) < 4.78 is 5.56. The van der Waals surface area contributed by atoms with Crippen LogP contribution in [-0.4, -0.2) is 19.7 Å². The molecular formula is C14H18ClNO. The second-order valence-electron chi connectivity index (χ2n) is 4.44. The zero-order valence-electron chi connectivity index (χ0n) is 10.1. The minimum atomic E-state index is 0.492. The molecule has 17 heavy (non-hydrogen) atoms. The number of fused-ring (bicyclic) bond motifs is 1. The fourth-order valence-corrected chi connectivity index (χ4v) is 2.42. The van der Waals surface area contributed by atoms with Crippen molar-refractivity contribution in [2.45, 2.75) is 19.3 Å². The normalized spacial score (nSPS) is 19.3. The predicted octanol–water partition coefficient (Wildman–Crippen LogP) is 3.15. The fraction of sp³-hybridized carbons (Fsp3) is 0.429. The smallest absolute Gasteiger partial charge is 0.138 e. The number of nitrogens with one attached hydrogen (secondary N) is 1. The van der Waals surface area contributed by atoms with E-state index in [0.717, 1.165) is 25.3 Å². The molecule has 1 heterocycles. The maximum atomic E-state index is 6.24. The lowest BCUT2D eigenvalue weighted by Crippen LogP contribution is -2.18. The molecule has 1 aromatic carbocycles. The van der Waals surface area contributed by atoms with Gasteiger partial charge in [-0.15, -0.1) is 0 Å². The topological polar surface area (TPSA) is 21.3 Å². The van der Waals surface area contributed by atoms with Crippen LogP contribution in [0.5, 0.6) is 5.75 Å². The first kappa shape index (κ1) is 12.5. The number of rotatable bonds is 3. The molecule has 1 N–H and O–H groups in total. The molecule has 1 aromatic rings. The third-order valence-electron chi connectivity index (χ3n) is 3.10. The SMILES string of the molecule is C=CCOc1cc2c(cc1Cl)C(C)CNCC2. The Morgan fingerprint density at radius 3 is 3.18 bits per heavy atom. The van der Waals surface area contributed by atoms with E-state index in [1.54, 1.807) is 6.08 Å². The van der Waals surface area contributed by atoms with Crippen LogP contribution < -0.4 is 10.1 Å². The molecule has 0 bridgehead atoms. The van der Waals surface area contributed by atoms with Gasteiger partial charge in [-0.05, 0) is 42.1 Å². The minimum absolute atomic E-state index is 0.492. The molecule has 3 heteroatoms. The van der Waals surface area contributed by atoms with E-state index in [0.29, 0.717) is 17.5 Å². The van der Waals surface area contributed by atoms with Crippen molar-refractivity contribution in [3.05, 3.63) is 40.9 Å². The van der Waals surface area contributed by atoms with Gasteiger partial charge in [0, 0.05) is 6.54 Å². The third kappa shape index (κ3) is 2.82. The molecule has 0 saturated heterocycles. The summed E-state index contributed by atoms with van der Waals surface area (Å²) in [6, 6.07) is 4.12. The monoisotopic (exact) mass is 251 g/mol. The van der Waals surface area contributed by atoms with Crippen molar-refractivity contribution in [1.29, 1.82) is 0 Å². The van der Waals surface area contributed by atoms with Gasteiger partial charge in [-0.3, -0.25) is 0 Å². The number of hydrogen-bond acceptors (Lipinski definition) is 2. The molecule has 92 valence electrons. The predicted molar refractivity (Wildman–Crippen MR) is 72.1 cm³/mol.